The molecule has 132 valence electrons. The summed E-state index contributed by atoms with van der Waals surface area (Å²) in [5, 5.41) is 7.69. The highest BCUT2D eigenvalue weighted by molar-refractivity contribution is 5.96. The molecule has 0 saturated heterocycles. The third-order valence-corrected chi connectivity index (χ3v) is 4.99. The van der Waals surface area contributed by atoms with Crippen LogP contribution in [0.1, 0.15) is 33.0 Å². The zero-order chi connectivity index (χ0) is 18.1. The highest BCUT2D eigenvalue weighted by Crippen LogP contribution is 2.27. The van der Waals surface area contributed by atoms with Gasteiger partial charge in [-0.2, -0.15) is 5.10 Å². The molecule has 2 aromatic heterocycles. The van der Waals surface area contributed by atoms with E-state index in [1.165, 1.54) is 11.9 Å². The molecule has 6 nitrogen and oxygen atoms in total. The summed E-state index contributed by atoms with van der Waals surface area (Å²) in [6.45, 7) is 5.05. The molecule has 0 spiro atoms. The Bertz CT molecular complexity index is 928. The molecule has 0 atom stereocenters. The molecule has 1 N–H and O–H groups in total. The minimum absolute atomic E-state index is 0.0139. The zero-order valence-corrected chi connectivity index (χ0v) is 15.0. The number of H-pyrrole nitrogens is 1. The van der Waals surface area contributed by atoms with E-state index in [4.69, 9.17) is 0 Å². The molecular weight excluding hydrogens is 326 g/mol. The normalized spacial score (nSPS) is 14.0. The zero-order valence-electron chi connectivity index (χ0n) is 15.0. The molecule has 3 heterocycles. The Morgan fingerprint density at radius 2 is 1.73 bits per heavy atom. The van der Waals surface area contributed by atoms with Crippen LogP contribution in [0.5, 0.6) is 0 Å². The lowest BCUT2D eigenvalue weighted by Gasteiger charge is -2.21. The fraction of sp³-hybridized carbons (Fsp3) is 0.300. The molecule has 0 bridgehead atoms. The Kier molecular flexibility index (Phi) is 4.24. The number of benzene rings is 1. The van der Waals surface area contributed by atoms with Crippen molar-refractivity contribution in [3.63, 3.8) is 0 Å². The molecule has 0 aliphatic carbocycles. The van der Waals surface area contributed by atoms with Crippen molar-refractivity contribution in [3.8, 4) is 11.3 Å². The Morgan fingerprint density at radius 3 is 2.46 bits per heavy atom. The van der Waals surface area contributed by atoms with E-state index in [0.717, 1.165) is 41.2 Å². The molecule has 6 heteroatoms. The molecule has 0 unspecified atom stereocenters. The maximum atomic E-state index is 13.0. The van der Waals surface area contributed by atoms with E-state index in [1.807, 2.05) is 36.9 Å². The van der Waals surface area contributed by atoms with Gasteiger partial charge in [-0.15, -0.1) is 0 Å². The number of carbonyl (C=O) groups is 1. The number of amides is 1. The number of hydrogen-bond acceptors (Lipinski definition) is 4. The van der Waals surface area contributed by atoms with Crippen molar-refractivity contribution in [2.45, 2.75) is 26.7 Å². The number of rotatable bonds is 2. The van der Waals surface area contributed by atoms with Crippen molar-refractivity contribution < 1.29 is 4.79 Å². The maximum Gasteiger partial charge on any atom is 0.257 e. The highest BCUT2D eigenvalue weighted by atomic mass is 16.2. The molecule has 0 saturated carbocycles. The van der Waals surface area contributed by atoms with E-state index in [-0.39, 0.29) is 5.91 Å². The Balaban J connectivity index is 1.60. The Labute approximate surface area is 152 Å². The summed E-state index contributed by atoms with van der Waals surface area (Å²) in [7, 11) is 0. The third kappa shape index (κ3) is 2.87. The van der Waals surface area contributed by atoms with Crippen LogP contribution in [0.4, 0.5) is 0 Å². The van der Waals surface area contributed by atoms with E-state index in [9.17, 15) is 4.79 Å². The summed E-state index contributed by atoms with van der Waals surface area (Å²) in [5.41, 5.74) is 6.52. The Hall–Kier alpha value is -3.02. The van der Waals surface area contributed by atoms with Crippen LogP contribution in [0, 0.1) is 13.8 Å². The number of carbonyl (C=O) groups excluding carboxylic acids is 1. The first kappa shape index (κ1) is 16.4. The van der Waals surface area contributed by atoms with Gasteiger partial charge in [-0.05, 0) is 20.3 Å². The molecule has 1 aliphatic heterocycles. The summed E-state index contributed by atoms with van der Waals surface area (Å²) in [6, 6.07) is 10.2. The number of nitrogens with zero attached hydrogens (tertiary/aromatic N) is 4. The average molecular weight is 347 g/mol. The molecule has 0 fully saturated rings. The lowest BCUT2D eigenvalue weighted by atomic mass is 10.0. The number of aromatic nitrogens is 4. The van der Waals surface area contributed by atoms with Crippen LogP contribution in [-0.2, 0) is 12.8 Å². The summed E-state index contributed by atoms with van der Waals surface area (Å²) in [6.07, 6.45) is 3.06. The van der Waals surface area contributed by atoms with E-state index in [2.05, 4.69) is 32.3 Å². The van der Waals surface area contributed by atoms with Crippen molar-refractivity contribution in [1.29, 1.82) is 0 Å². The van der Waals surface area contributed by atoms with Gasteiger partial charge in [0.05, 0.1) is 22.6 Å². The molecule has 1 aromatic carbocycles. The lowest BCUT2D eigenvalue weighted by Crippen LogP contribution is -2.34. The van der Waals surface area contributed by atoms with Crippen molar-refractivity contribution in [1.82, 2.24) is 25.1 Å². The van der Waals surface area contributed by atoms with Gasteiger partial charge in [0, 0.05) is 36.3 Å². The van der Waals surface area contributed by atoms with E-state index < -0.39 is 0 Å². The van der Waals surface area contributed by atoms with Crippen molar-refractivity contribution >= 4 is 5.91 Å². The number of aromatic amines is 1. The van der Waals surface area contributed by atoms with Crippen LogP contribution in [0.3, 0.4) is 0 Å². The van der Waals surface area contributed by atoms with Crippen LogP contribution in [0.25, 0.3) is 11.3 Å². The summed E-state index contributed by atoms with van der Waals surface area (Å²) < 4.78 is 0. The fourth-order valence-electron chi connectivity index (χ4n) is 3.58. The van der Waals surface area contributed by atoms with Gasteiger partial charge in [0.1, 0.15) is 6.33 Å². The lowest BCUT2D eigenvalue weighted by molar-refractivity contribution is 0.0760. The first-order valence-electron chi connectivity index (χ1n) is 8.84. The van der Waals surface area contributed by atoms with E-state index in [0.29, 0.717) is 18.7 Å². The van der Waals surface area contributed by atoms with Gasteiger partial charge in [0.15, 0.2) is 0 Å². The van der Waals surface area contributed by atoms with Gasteiger partial charge in [0.25, 0.3) is 5.91 Å². The molecule has 0 radical (unpaired) electrons. The monoisotopic (exact) mass is 347 g/mol. The summed E-state index contributed by atoms with van der Waals surface area (Å²) in [5.74, 6) is 0.0139. The predicted octanol–water partition coefficient (Wildman–Crippen LogP) is 2.72. The maximum absolute atomic E-state index is 13.0. The van der Waals surface area contributed by atoms with Gasteiger partial charge in [-0.25, -0.2) is 9.97 Å². The molecule has 3 aromatic rings. The molecular formula is C20H21N5O. The van der Waals surface area contributed by atoms with Crippen molar-refractivity contribution in [2.24, 2.45) is 0 Å². The first-order chi connectivity index (χ1) is 12.6. The van der Waals surface area contributed by atoms with E-state index in [1.54, 1.807) is 0 Å². The Morgan fingerprint density at radius 1 is 1.04 bits per heavy atom. The minimum atomic E-state index is 0.0139. The van der Waals surface area contributed by atoms with Gasteiger partial charge in [-0.3, -0.25) is 9.89 Å². The fourth-order valence-corrected chi connectivity index (χ4v) is 3.58. The van der Waals surface area contributed by atoms with Crippen LogP contribution in [0.2, 0.25) is 0 Å². The van der Waals surface area contributed by atoms with Gasteiger partial charge >= 0.3 is 0 Å². The topological polar surface area (TPSA) is 74.8 Å². The minimum Gasteiger partial charge on any atom is -0.338 e. The van der Waals surface area contributed by atoms with Gasteiger partial charge in [0.2, 0.25) is 0 Å². The molecule has 4 rings (SSSR count). The SMILES string of the molecule is Cc1ncnc(C)c1C(=O)N1CCc2[nH]nc(-c3ccccc3)c2CC1. The van der Waals surface area contributed by atoms with E-state index >= 15 is 0 Å². The van der Waals surface area contributed by atoms with Crippen LogP contribution in [0.15, 0.2) is 36.7 Å². The van der Waals surface area contributed by atoms with Crippen LogP contribution >= 0.6 is 0 Å². The smallest absolute Gasteiger partial charge is 0.257 e. The average Bonchev–Trinajstić information content (AvgIpc) is 2.93. The first-order valence-corrected chi connectivity index (χ1v) is 8.84. The van der Waals surface area contributed by atoms with Crippen molar-refractivity contribution in [2.75, 3.05) is 13.1 Å². The van der Waals surface area contributed by atoms with Gasteiger partial charge in [-0.1, -0.05) is 30.3 Å². The highest BCUT2D eigenvalue weighted by Gasteiger charge is 2.25. The quantitative estimate of drug-likeness (QED) is 0.773. The second-order valence-corrected chi connectivity index (χ2v) is 6.61. The number of hydrogen-bond donors (Lipinski definition) is 1. The largest absolute Gasteiger partial charge is 0.338 e. The number of nitrogens with one attached hydrogen (secondary N) is 1. The molecule has 26 heavy (non-hydrogen) atoms. The summed E-state index contributed by atoms with van der Waals surface area (Å²) in [4.78, 5) is 23.3. The number of aryl methyl sites for hydroxylation is 2. The van der Waals surface area contributed by atoms with Gasteiger partial charge < -0.3 is 4.90 Å². The van der Waals surface area contributed by atoms with Crippen LogP contribution in [-0.4, -0.2) is 44.1 Å². The van der Waals surface area contributed by atoms with Crippen molar-refractivity contribution in [3.05, 3.63) is 64.9 Å². The summed E-state index contributed by atoms with van der Waals surface area (Å²) >= 11 is 0. The van der Waals surface area contributed by atoms with Crippen LogP contribution < -0.4 is 0 Å². The molecule has 1 amide bonds. The third-order valence-electron chi connectivity index (χ3n) is 4.99. The molecule has 1 aliphatic rings. The predicted molar refractivity (Wildman–Crippen MR) is 98.8 cm³/mol. The number of fused-ring (bicyclic) bond motifs is 1. The second-order valence-electron chi connectivity index (χ2n) is 6.61. The second kappa shape index (κ2) is 6.71. The standard InChI is InChI=1S/C20H21N5O/c1-13-18(14(2)22-12-21-13)20(26)25-10-8-16-17(9-11-25)23-24-19(16)15-6-4-3-5-7-15/h3-7,12H,8-11H2,1-2H3,(H,23,24).